The zero-order valence-corrected chi connectivity index (χ0v) is 15.4. The molecule has 0 N–H and O–H groups in total. The minimum atomic E-state index is -0.267. The van der Waals surface area contributed by atoms with Crippen LogP contribution in [0.3, 0.4) is 0 Å². The number of hydrogen-bond donors (Lipinski definition) is 1. The van der Waals surface area contributed by atoms with Gasteiger partial charge in [0.05, 0.1) is 6.10 Å². The standard InChI is InChI=1S/C18H32O2S/c1-14(2)20-17(19)13-16(4)10-7-9-15(3)11-8-12-18(5,6)21/h7,10,13-15,21H,8-9,11-12H2,1-6H3. The Labute approximate surface area is 136 Å². The van der Waals surface area contributed by atoms with E-state index in [9.17, 15) is 4.79 Å². The SMILES string of the molecule is CC(C=CCC(C)CCCC(C)(C)S)=CC(=O)OC(C)C. The molecule has 0 radical (unpaired) electrons. The summed E-state index contributed by atoms with van der Waals surface area (Å²) in [5.74, 6) is 0.392. The number of hydrogen-bond acceptors (Lipinski definition) is 3. The molecule has 0 aromatic heterocycles. The topological polar surface area (TPSA) is 26.3 Å². The molecule has 0 saturated heterocycles. The van der Waals surface area contributed by atoms with Gasteiger partial charge in [0.15, 0.2) is 0 Å². The van der Waals surface area contributed by atoms with Crippen LogP contribution in [0.2, 0.25) is 0 Å². The normalized spacial score (nSPS) is 14.8. The summed E-state index contributed by atoms with van der Waals surface area (Å²) in [6.07, 6.45) is 10.2. The predicted molar refractivity (Wildman–Crippen MR) is 94.8 cm³/mol. The van der Waals surface area contributed by atoms with Crippen LogP contribution in [-0.2, 0) is 9.53 Å². The van der Waals surface area contributed by atoms with E-state index >= 15 is 0 Å². The second-order valence-electron chi connectivity index (χ2n) is 6.82. The van der Waals surface area contributed by atoms with Crippen molar-refractivity contribution in [2.45, 2.75) is 78.1 Å². The Bertz CT molecular complexity index is 362. The molecule has 0 aromatic rings. The molecule has 0 aliphatic heterocycles. The van der Waals surface area contributed by atoms with E-state index < -0.39 is 0 Å². The number of carbonyl (C=O) groups is 1. The summed E-state index contributed by atoms with van der Waals surface area (Å²) in [5.41, 5.74) is 0.935. The van der Waals surface area contributed by atoms with Gasteiger partial charge in [-0.3, -0.25) is 0 Å². The molecule has 0 amide bonds. The average Bonchev–Trinajstić information content (AvgIpc) is 2.25. The molecule has 0 saturated carbocycles. The summed E-state index contributed by atoms with van der Waals surface area (Å²) >= 11 is 4.54. The number of allylic oxidation sites excluding steroid dienone is 3. The molecule has 3 heteroatoms. The molecule has 0 aliphatic rings. The first kappa shape index (κ1) is 20.3. The van der Waals surface area contributed by atoms with Crippen molar-refractivity contribution in [3.63, 3.8) is 0 Å². The fraction of sp³-hybridized carbons (Fsp3) is 0.722. The van der Waals surface area contributed by atoms with E-state index in [1.165, 1.54) is 12.8 Å². The summed E-state index contributed by atoms with van der Waals surface area (Å²) < 4.78 is 5.21. The summed E-state index contributed by atoms with van der Waals surface area (Å²) in [6, 6.07) is 0. The van der Waals surface area contributed by atoms with Crippen molar-refractivity contribution in [3.05, 3.63) is 23.8 Å². The molecule has 1 atom stereocenters. The predicted octanol–water partition coefficient (Wildman–Crippen LogP) is 5.35. The van der Waals surface area contributed by atoms with E-state index in [-0.39, 0.29) is 16.8 Å². The Morgan fingerprint density at radius 3 is 2.43 bits per heavy atom. The quantitative estimate of drug-likeness (QED) is 0.269. The maximum absolute atomic E-state index is 11.5. The van der Waals surface area contributed by atoms with Gasteiger partial charge < -0.3 is 4.74 Å². The van der Waals surface area contributed by atoms with E-state index in [0.717, 1.165) is 18.4 Å². The number of thiol groups is 1. The van der Waals surface area contributed by atoms with Crippen LogP contribution in [-0.4, -0.2) is 16.8 Å². The first-order valence-electron chi connectivity index (χ1n) is 7.88. The third-order valence-electron chi connectivity index (χ3n) is 3.10. The van der Waals surface area contributed by atoms with Crippen LogP contribution in [0.15, 0.2) is 23.8 Å². The molecular formula is C18H32O2S. The Morgan fingerprint density at radius 2 is 1.90 bits per heavy atom. The highest BCUT2D eigenvalue weighted by Gasteiger charge is 2.11. The van der Waals surface area contributed by atoms with E-state index in [2.05, 4.69) is 39.5 Å². The second-order valence-corrected chi connectivity index (χ2v) is 8.03. The van der Waals surface area contributed by atoms with Crippen molar-refractivity contribution in [2.24, 2.45) is 5.92 Å². The summed E-state index contributed by atoms with van der Waals surface area (Å²) in [5, 5.41) is 0. The van der Waals surface area contributed by atoms with E-state index in [4.69, 9.17) is 4.74 Å². The molecule has 0 heterocycles. The highest BCUT2D eigenvalue weighted by Crippen LogP contribution is 2.22. The van der Waals surface area contributed by atoms with Crippen molar-refractivity contribution in [1.82, 2.24) is 0 Å². The first-order valence-corrected chi connectivity index (χ1v) is 8.32. The number of rotatable bonds is 9. The van der Waals surface area contributed by atoms with E-state index in [1.807, 2.05) is 26.8 Å². The zero-order valence-electron chi connectivity index (χ0n) is 14.5. The van der Waals surface area contributed by atoms with Gasteiger partial charge >= 0.3 is 5.97 Å². The van der Waals surface area contributed by atoms with Gasteiger partial charge in [0.25, 0.3) is 0 Å². The molecule has 122 valence electrons. The average molecular weight is 313 g/mol. The molecule has 0 spiro atoms. The van der Waals surface area contributed by atoms with Crippen LogP contribution in [0.25, 0.3) is 0 Å². The molecule has 1 unspecified atom stereocenters. The van der Waals surface area contributed by atoms with Crippen LogP contribution in [0, 0.1) is 5.92 Å². The Morgan fingerprint density at radius 1 is 1.29 bits per heavy atom. The summed E-state index contributed by atoms with van der Waals surface area (Å²) in [4.78, 5) is 11.5. The Hall–Kier alpha value is -0.700. The van der Waals surface area contributed by atoms with Crippen LogP contribution >= 0.6 is 12.6 Å². The second kappa shape index (κ2) is 10.1. The molecule has 0 fully saturated rings. The van der Waals surface area contributed by atoms with Crippen LogP contribution in [0.1, 0.15) is 67.2 Å². The third-order valence-corrected chi connectivity index (χ3v) is 3.33. The fourth-order valence-electron chi connectivity index (χ4n) is 1.99. The van der Waals surface area contributed by atoms with Gasteiger partial charge in [-0.25, -0.2) is 4.79 Å². The lowest BCUT2D eigenvalue weighted by Gasteiger charge is -2.18. The highest BCUT2D eigenvalue weighted by atomic mass is 32.1. The molecule has 2 nitrogen and oxygen atoms in total. The largest absolute Gasteiger partial charge is 0.460 e. The Kier molecular flexibility index (Phi) is 9.76. The minimum absolute atomic E-state index is 0.0679. The number of ether oxygens (including phenoxy) is 1. The van der Waals surface area contributed by atoms with Gasteiger partial charge in [0.2, 0.25) is 0 Å². The van der Waals surface area contributed by atoms with Crippen LogP contribution in [0.4, 0.5) is 0 Å². The van der Waals surface area contributed by atoms with Gasteiger partial charge in [-0.1, -0.05) is 45.8 Å². The third kappa shape index (κ3) is 14.0. The fourth-order valence-corrected chi connectivity index (χ4v) is 2.15. The van der Waals surface area contributed by atoms with Crippen molar-refractivity contribution < 1.29 is 9.53 Å². The Balaban J connectivity index is 4.03. The first-order chi connectivity index (χ1) is 9.60. The lowest BCUT2D eigenvalue weighted by atomic mass is 9.96. The lowest BCUT2D eigenvalue weighted by molar-refractivity contribution is -0.141. The molecule has 0 bridgehead atoms. The molecule has 21 heavy (non-hydrogen) atoms. The highest BCUT2D eigenvalue weighted by molar-refractivity contribution is 7.81. The summed E-state index contributed by atoms with van der Waals surface area (Å²) in [7, 11) is 0. The van der Waals surface area contributed by atoms with Crippen molar-refractivity contribution in [1.29, 1.82) is 0 Å². The lowest BCUT2D eigenvalue weighted by Crippen LogP contribution is -2.10. The minimum Gasteiger partial charge on any atom is -0.460 e. The van der Waals surface area contributed by atoms with Gasteiger partial charge in [0.1, 0.15) is 0 Å². The smallest absolute Gasteiger partial charge is 0.331 e. The molecule has 0 rings (SSSR count). The van der Waals surface area contributed by atoms with Crippen molar-refractivity contribution in [2.75, 3.05) is 0 Å². The van der Waals surface area contributed by atoms with Gasteiger partial charge in [-0.05, 0) is 45.1 Å². The van der Waals surface area contributed by atoms with Gasteiger partial charge in [-0.2, -0.15) is 12.6 Å². The van der Waals surface area contributed by atoms with Crippen LogP contribution < -0.4 is 0 Å². The van der Waals surface area contributed by atoms with Gasteiger partial charge in [0, 0.05) is 10.8 Å². The van der Waals surface area contributed by atoms with Gasteiger partial charge in [-0.15, -0.1) is 0 Å². The molecule has 0 aliphatic carbocycles. The summed E-state index contributed by atoms with van der Waals surface area (Å²) in [6.45, 7) is 12.2. The van der Waals surface area contributed by atoms with E-state index in [1.54, 1.807) is 6.08 Å². The zero-order chi connectivity index (χ0) is 16.5. The van der Waals surface area contributed by atoms with Crippen molar-refractivity contribution >= 4 is 18.6 Å². The number of carbonyl (C=O) groups excluding carboxylic acids is 1. The maximum atomic E-state index is 11.5. The maximum Gasteiger partial charge on any atom is 0.331 e. The molecule has 0 aromatic carbocycles. The van der Waals surface area contributed by atoms with Crippen LogP contribution in [0.5, 0.6) is 0 Å². The molecular weight excluding hydrogens is 280 g/mol. The monoisotopic (exact) mass is 312 g/mol. The van der Waals surface area contributed by atoms with E-state index in [0.29, 0.717) is 5.92 Å². The van der Waals surface area contributed by atoms with Crippen molar-refractivity contribution in [3.8, 4) is 0 Å². The number of esters is 1.